The van der Waals surface area contributed by atoms with Gasteiger partial charge in [-0.1, -0.05) is 84.9 Å². The summed E-state index contributed by atoms with van der Waals surface area (Å²) in [5.41, 5.74) is 6.57. The summed E-state index contributed by atoms with van der Waals surface area (Å²) in [5, 5.41) is 7.72. The van der Waals surface area contributed by atoms with Gasteiger partial charge in [0.15, 0.2) is 5.82 Å². The van der Waals surface area contributed by atoms with Crippen LogP contribution < -0.4 is 0 Å². The van der Waals surface area contributed by atoms with E-state index in [2.05, 4.69) is 132 Å². The highest BCUT2D eigenvalue weighted by Crippen LogP contribution is 2.42. The lowest BCUT2D eigenvalue weighted by Crippen LogP contribution is -1.96. The van der Waals surface area contributed by atoms with Crippen molar-refractivity contribution < 1.29 is 0 Å². The van der Waals surface area contributed by atoms with Crippen molar-refractivity contribution in [2.45, 2.75) is 0 Å². The van der Waals surface area contributed by atoms with Gasteiger partial charge in [0.2, 0.25) is 0 Å². The summed E-state index contributed by atoms with van der Waals surface area (Å²) in [6.45, 7) is 0. The Labute approximate surface area is 266 Å². The summed E-state index contributed by atoms with van der Waals surface area (Å²) >= 11 is 3.69. The van der Waals surface area contributed by atoms with E-state index in [1.807, 2.05) is 34.9 Å². The van der Waals surface area contributed by atoms with Gasteiger partial charge in [0.1, 0.15) is 0 Å². The van der Waals surface area contributed by atoms with Gasteiger partial charge in [-0.2, -0.15) is 0 Å². The second kappa shape index (κ2) is 9.57. The fourth-order valence-electron chi connectivity index (χ4n) is 6.85. The molecule has 0 unspecified atom stereocenters. The molecule has 10 rings (SSSR count). The van der Waals surface area contributed by atoms with Gasteiger partial charge < -0.3 is 4.57 Å². The maximum atomic E-state index is 5.13. The third-order valence-corrected chi connectivity index (χ3v) is 11.2. The van der Waals surface area contributed by atoms with Crippen molar-refractivity contribution in [3.05, 3.63) is 140 Å². The molecule has 3 nitrogen and oxygen atoms in total. The zero-order valence-corrected chi connectivity index (χ0v) is 25.6. The van der Waals surface area contributed by atoms with Crippen LogP contribution in [0.15, 0.2) is 140 Å². The highest BCUT2D eigenvalue weighted by atomic mass is 32.1. The molecule has 0 saturated carbocycles. The topological polar surface area (TPSA) is 30.7 Å². The van der Waals surface area contributed by atoms with Crippen molar-refractivity contribution >= 4 is 84.8 Å². The predicted molar refractivity (Wildman–Crippen MR) is 193 cm³/mol. The fourth-order valence-corrected chi connectivity index (χ4v) is 9.19. The number of rotatable bonds is 3. The number of hydrogen-bond acceptors (Lipinski definition) is 4. The highest BCUT2D eigenvalue weighted by Gasteiger charge is 2.17. The summed E-state index contributed by atoms with van der Waals surface area (Å²) in [5.74, 6) is 0.722. The van der Waals surface area contributed by atoms with Gasteiger partial charge >= 0.3 is 0 Å². The molecule has 0 atom stereocenters. The van der Waals surface area contributed by atoms with Crippen LogP contribution in [-0.4, -0.2) is 14.5 Å². The Bertz CT molecular complexity index is 2780. The van der Waals surface area contributed by atoms with Gasteiger partial charge in [-0.05, 0) is 48.5 Å². The van der Waals surface area contributed by atoms with Crippen LogP contribution in [0, 0.1) is 0 Å². The SMILES string of the molecule is c1cc(-c2nccc(-c3cccc4c3sc3ccccc34)n2)cc(-n2c3ccccc3c3cc4c(cc32)sc2ccccc24)c1. The maximum Gasteiger partial charge on any atom is 0.159 e. The second-order valence-corrected chi connectivity index (χ2v) is 13.5. The highest BCUT2D eigenvalue weighted by molar-refractivity contribution is 7.26. The Balaban J connectivity index is 1.15. The van der Waals surface area contributed by atoms with E-state index in [1.54, 1.807) is 0 Å². The number of nitrogens with zero attached hydrogens (tertiary/aromatic N) is 3. The van der Waals surface area contributed by atoms with Crippen LogP contribution in [0.2, 0.25) is 0 Å². The van der Waals surface area contributed by atoms with Crippen molar-refractivity contribution in [3.63, 3.8) is 0 Å². The average molecular weight is 610 g/mol. The second-order valence-electron chi connectivity index (χ2n) is 11.4. The van der Waals surface area contributed by atoms with E-state index in [0.717, 1.165) is 28.3 Å². The maximum absolute atomic E-state index is 5.13. The monoisotopic (exact) mass is 609 g/mol. The number of thiophene rings is 2. The third-order valence-electron chi connectivity index (χ3n) is 8.87. The normalized spacial score (nSPS) is 12.0. The minimum Gasteiger partial charge on any atom is -0.309 e. The van der Waals surface area contributed by atoms with Crippen molar-refractivity contribution in [2.24, 2.45) is 0 Å². The van der Waals surface area contributed by atoms with E-state index < -0.39 is 0 Å². The first-order chi connectivity index (χ1) is 22.3. The molecule has 0 radical (unpaired) electrons. The lowest BCUT2D eigenvalue weighted by Gasteiger charge is -2.10. The first-order valence-corrected chi connectivity index (χ1v) is 16.6. The van der Waals surface area contributed by atoms with Gasteiger partial charge in [0.05, 0.1) is 16.7 Å². The van der Waals surface area contributed by atoms with E-state index in [9.17, 15) is 0 Å². The lowest BCUT2D eigenvalue weighted by molar-refractivity contribution is 1.16. The van der Waals surface area contributed by atoms with Crippen molar-refractivity contribution in [2.75, 3.05) is 0 Å². The number of benzene rings is 6. The molecule has 45 heavy (non-hydrogen) atoms. The van der Waals surface area contributed by atoms with Crippen LogP contribution in [0.25, 0.3) is 90.5 Å². The van der Waals surface area contributed by atoms with Crippen LogP contribution in [-0.2, 0) is 0 Å². The quantitative estimate of drug-likeness (QED) is 0.199. The Morgan fingerprint density at radius 1 is 0.489 bits per heavy atom. The molecular formula is C40H23N3S2. The summed E-state index contributed by atoms with van der Waals surface area (Å²) in [6.07, 6.45) is 1.88. The lowest BCUT2D eigenvalue weighted by atomic mass is 10.1. The molecule has 0 aliphatic carbocycles. The molecule has 4 heterocycles. The number of hydrogen-bond donors (Lipinski definition) is 0. The first kappa shape index (κ1) is 25.0. The predicted octanol–water partition coefficient (Wildman–Crippen LogP) is 11.6. The average Bonchev–Trinajstić information content (AvgIpc) is 3.76. The van der Waals surface area contributed by atoms with Crippen LogP contribution in [0.5, 0.6) is 0 Å². The molecule has 4 aromatic heterocycles. The Morgan fingerprint density at radius 2 is 1.22 bits per heavy atom. The fraction of sp³-hybridized carbons (Fsp3) is 0. The largest absolute Gasteiger partial charge is 0.309 e. The molecule has 0 fully saturated rings. The minimum absolute atomic E-state index is 0.722. The van der Waals surface area contributed by atoms with Crippen LogP contribution in [0.3, 0.4) is 0 Å². The zero-order valence-electron chi connectivity index (χ0n) is 23.9. The van der Waals surface area contributed by atoms with Crippen LogP contribution in [0.1, 0.15) is 0 Å². The Kier molecular flexibility index (Phi) is 5.32. The number of aromatic nitrogens is 3. The molecule has 0 amide bonds. The molecule has 6 aromatic carbocycles. The number of para-hydroxylation sites is 1. The van der Waals surface area contributed by atoms with Gasteiger partial charge in [-0.3, -0.25) is 0 Å². The van der Waals surface area contributed by atoms with E-state index in [4.69, 9.17) is 9.97 Å². The summed E-state index contributed by atoms with van der Waals surface area (Å²) in [4.78, 5) is 9.89. The van der Waals surface area contributed by atoms with Gasteiger partial charge in [0, 0.05) is 74.1 Å². The smallest absolute Gasteiger partial charge is 0.159 e. The first-order valence-electron chi connectivity index (χ1n) is 15.0. The van der Waals surface area contributed by atoms with Gasteiger partial charge in [-0.15, -0.1) is 22.7 Å². The van der Waals surface area contributed by atoms with Crippen molar-refractivity contribution in [1.29, 1.82) is 0 Å². The molecule has 0 aliphatic rings. The molecule has 10 aromatic rings. The molecule has 0 N–H and O–H groups in total. The summed E-state index contributed by atoms with van der Waals surface area (Å²) < 4.78 is 7.56. The molecular weight excluding hydrogens is 587 g/mol. The molecule has 0 bridgehead atoms. The Hall–Kier alpha value is -5.36. The molecule has 0 aliphatic heterocycles. The van der Waals surface area contributed by atoms with E-state index in [1.165, 1.54) is 62.2 Å². The third kappa shape index (κ3) is 3.75. The molecule has 0 saturated heterocycles. The standard InChI is InChI=1S/C40H23N3S2/c1-4-16-34-26(11-1)31-22-32-28-13-3-5-17-36(28)44-38(32)23-35(31)43(34)25-10-7-9-24(21-25)40-41-20-19-33(42-40)30-15-8-14-29-27-12-2-6-18-37(27)45-39(29)30/h1-23H. The zero-order chi connectivity index (χ0) is 29.5. The molecule has 0 spiro atoms. The minimum atomic E-state index is 0.722. The van der Waals surface area contributed by atoms with Crippen molar-refractivity contribution in [3.8, 4) is 28.3 Å². The van der Waals surface area contributed by atoms with Crippen molar-refractivity contribution in [1.82, 2.24) is 14.5 Å². The van der Waals surface area contributed by atoms with Crippen LogP contribution >= 0.6 is 22.7 Å². The molecule has 5 heteroatoms. The van der Waals surface area contributed by atoms with Gasteiger partial charge in [-0.25, -0.2) is 9.97 Å². The molecule has 210 valence electrons. The van der Waals surface area contributed by atoms with E-state index in [0.29, 0.717) is 0 Å². The van der Waals surface area contributed by atoms with Crippen LogP contribution in [0.4, 0.5) is 0 Å². The summed E-state index contributed by atoms with van der Waals surface area (Å²) in [7, 11) is 0. The number of fused-ring (bicyclic) bond motifs is 9. The summed E-state index contributed by atoms with van der Waals surface area (Å²) in [6, 6.07) is 48.0. The van der Waals surface area contributed by atoms with E-state index >= 15 is 0 Å². The van der Waals surface area contributed by atoms with E-state index in [-0.39, 0.29) is 0 Å². The Morgan fingerprint density at radius 3 is 2.11 bits per heavy atom. The van der Waals surface area contributed by atoms with Gasteiger partial charge in [0.25, 0.3) is 0 Å².